The summed E-state index contributed by atoms with van der Waals surface area (Å²) in [4.78, 5) is 14.9. The third-order valence-corrected chi connectivity index (χ3v) is 5.07. The smallest absolute Gasteiger partial charge is 0.256 e. The van der Waals surface area contributed by atoms with Gasteiger partial charge in [-0.3, -0.25) is 9.36 Å². The SMILES string of the molecule is Cc1cc(-n2c(C)cc(C(=O)N3CCCC(C)C3CO)c2C)no1. The molecule has 2 aromatic rings. The molecule has 1 saturated heterocycles. The van der Waals surface area contributed by atoms with Gasteiger partial charge >= 0.3 is 0 Å². The Morgan fingerprint density at radius 3 is 2.75 bits per heavy atom. The highest BCUT2D eigenvalue weighted by Gasteiger charge is 2.33. The summed E-state index contributed by atoms with van der Waals surface area (Å²) in [5.74, 6) is 1.72. The molecule has 130 valence electrons. The highest BCUT2D eigenvalue weighted by atomic mass is 16.5. The molecule has 0 aliphatic carbocycles. The van der Waals surface area contributed by atoms with Crippen molar-refractivity contribution in [2.24, 2.45) is 5.92 Å². The zero-order chi connectivity index (χ0) is 17.4. The summed E-state index contributed by atoms with van der Waals surface area (Å²) >= 11 is 0. The lowest BCUT2D eigenvalue weighted by Gasteiger charge is -2.39. The second-order valence-corrected chi connectivity index (χ2v) is 6.78. The molecule has 0 bridgehead atoms. The van der Waals surface area contributed by atoms with Crippen LogP contribution in [0.4, 0.5) is 0 Å². The van der Waals surface area contributed by atoms with Crippen LogP contribution in [0.2, 0.25) is 0 Å². The van der Waals surface area contributed by atoms with E-state index in [0.29, 0.717) is 23.8 Å². The molecular formula is C18H25N3O3. The van der Waals surface area contributed by atoms with Gasteiger partial charge in [0.1, 0.15) is 5.76 Å². The fraction of sp³-hybridized carbons (Fsp3) is 0.556. The minimum absolute atomic E-state index is 0.00806. The lowest BCUT2D eigenvalue weighted by atomic mass is 9.90. The molecule has 6 heteroatoms. The Morgan fingerprint density at radius 1 is 1.38 bits per heavy atom. The van der Waals surface area contributed by atoms with Crippen LogP contribution >= 0.6 is 0 Å². The van der Waals surface area contributed by atoms with Gasteiger partial charge in [-0.25, -0.2) is 0 Å². The van der Waals surface area contributed by atoms with Gasteiger partial charge in [0.05, 0.1) is 18.2 Å². The summed E-state index contributed by atoms with van der Waals surface area (Å²) in [6.07, 6.45) is 2.02. The quantitative estimate of drug-likeness (QED) is 0.938. The summed E-state index contributed by atoms with van der Waals surface area (Å²) in [7, 11) is 0. The average molecular weight is 331 g/mol. The van der Waals surface area contributed by atoms with E-state index >= 15 is 0 Å². The van der Waals surface area contributed by atoms with Crippen molar-refractivity contribution >= 4 is 5.91 Å². The number of rotatable bonds is 3. The molecular weight excluding hydrogens is 306 g/mol. The molecule has 0 aromatic carbocycles. The second kappa shape index (κ2) is 6.43. The number of carbonyl (C=O) groups is 1. The van der Waals surface area contributed by atoms with Crippen LogP contribution in [0.5, 0.6) is 0 Å². The van der Waals surface area contributed by atoms with Gasteiger partial charge in [0.15, 0.2) is 5.82 Å². The first kappa shape index (κ1) is 16.8. The van der Waals surface area contributed by atoms with Crippen molar-refractivity contribution in [3.05, 3.63) is 34.8 Å². The van der Waals surface area contributed by atoms with Gasteiger partial charge in [-0.05, 0) is 45.6 Å². The minimum atomic E-state index is -0.108. The van der Waals surface area contributed by atoms with E-state index in [1.807, 2.05) is 42.4 Å². The zero-order valence-corrected chi connectivity index (χ0v) is 14.7. The van der Waals surface area contributed by atoms with Crippen molar-refractivity contribution in [3.63, 3.8) is 0 Å². The molecule has 2 unspecified atom stereocenters. The normalized spacial score (nSPS) is 21.3. The third-order valence-electron chi connectivity index (χ3n) is 5.07. The standard InChI is InChI=1S/C18H25N3O3/c1-11-6-5-7-20(16(11)10-22)18(23)15-8-12(2)21(14(15)4)17-9-13(3)24-19-17/h8-9,11,16,22H,5-7,10H2,1-4H3. The lowest BCUT2D eigenvalue weighted by molar-refractivity contribution is 0.0358. The molecule has 1 fully saturated rings. The van der Waals surface area contributed by atoms with Crippen LogP contribution in [-0.2, 0) is 0 Å². The number of aliphatic hydroxyl groups is 1. The van der Waals surface area contributed by atoms with Crippen LogP contribution < -0.4 is 0 Å². The Balaban J connectivity index is 1.96. The van der Waals surface area contributed by atoms with E-state index < -0.39 is 0 Å². The average Bonchev–Trinajstić information content (AvgIpc) is 3.09. The predicted molar refractivity (Wildman–Crippen MR) is 90.3 cm³/mol. The molecule has 0 saturated carbocycles. The van der Waals surface area contributed by atoms with Gasteiger partial charge in [0, 0.05) is 24.0 Å². The van der Waals surface area contributed by atoms with Crippen molar-refractivity contribution in [2.45, 2.75) is 46.6 Å². The summed E-state index contributed by atoms with van der Waals surface area (Å²) in [5, 5.41) is 13.8. The molecule has 2 aromatic heterocycles. The number of piperidine rings is 1. The fourth-order valence-electron chi connectivity index (χ4n) is 3.72. The Kier molecular flexibility index (Phi) is 4.49. The van der Waals surface area contributed by atoms with E-state index in [1.165, 1.54) is 0 Å². The van der Waals surface area contributed by atoms with Crippen LogP contribution in [0.25, 0.3) is 5.82 Å². The maximum atomic E-state index is 13.1. The molecule has 1 N–H and O–H groups in total. The minimum Gasteiger partial charge on any atom is -0.394 e. The van der Waals surface area contributed by atoms with E-state index in [4.69, 9.17) is 4.52 Å². The van der Waals surface area contributed by atoms with E-state index in [1.54, 1.807) is 0 Å². The maximum Gasteiger partial charge on any atom is 0.256 e. The Bertz CT molecular complexity index is 747. The first-order valence-corrected chi connectivity index (χ1v) is 8.48. The van der Waals surface area contributed by atoms with Gasteiger partial charge in [-0.2, -0.15) is 0 Å². The van der Waals surface area contributed by atoms with E-state index in [-0.39, 0.29) is 18.6 Å². The van der Waals surface area contributed by atoms with Crippen molar-refractivity contribution in [1.82, 2.24) is 14.6 Å². The maximum absolute atomic E-state index is 13.1. The van der Waals surface area contributed by atoms with Crippen molar-refractivity contribution in [1.29, 1.82) is 0 Å². The Morgan fingerprint density at radius 2 is 2.12 bits per heavy atom. The molecule has 1 aliphatic heterocycles. The van der Waals surface area contributed by atoms with Crippen molar-refractivity contribution in [3.8, 4) is 5.82 Å². The largest absolute Gasteiger partial charge is 0.394 e. The van der Waals surface area contributed by atoms with Gasteiger partial charge in [0.2, 0.25) is 0 Å². The summed E-state index contributed by atoms with van der Waals surface area (Å²) in [6, 6.07) is 3.65. The number of hydrogen-bond acceptors (Lipinski definition) is 4. The summed E-state index contributed by atoms with van der Waals surface area (Å²) < 4.78 is 7.10. The topological polar surface area (TPSA) is 71.5 Å². The number of carbonyl (C=O) groups excluding carboxylic acids is 1. The van der Waals surface area contributed by atoms with Crippen LogP contribution in [0.1, 0.15) is 47.3 Å². The Hall–Kier alpha value is -2.08. The van der Waals surface area contributed by atoms with Crippen LogP contribution in [0, 0.1) is 26.7 Å². The molecule has 0 spiro atoms. The molecule has 6 nitrogen and oxygen atoms in total. The first-order chi connectivity index (χ1) is 11.4. The number of likely N-dealkylation sites (tertiary alicyclic amines) is 1. The number of amides is 1. The van der Waals surface area contributed by atoms with Gasteiger partial charge in [0.25, 0.3) is 5.91 Å². The van der Waals surface area contributed by atoms with E-state index in [0.717, 1.165) is 30.0 Å². The highest BCUT2D eigenvalue weighted by molar-refractivity contribution is 5.96. The molecule has 24 heavy (non-hydrogen) atoms. The van der Waals surface area contributed by atoms with Crippen molar-refractivity contribution in [2.75, 3.05) is 13.2 Å². The number of nitrogens with zero attached hydrogens (tertiary/aromatic N) is 3. The number of aliphatic hydroxyl groups excluding tert-OH is 1. The molecule has 1 aliphatic rings. The van der Waals surface area contributed by atoms with E-state index in [9.17, 15) is 9.90 Å². The molecule has 2 atom stereocenters. The van der Waals surface area contributed by atoms with Crippen LogP contribution in [0.3, 0.4) is 0 Å². The zero-order valence-electron chi connectivity index (χ0n) is 14.7. The molecule has 0 radical (unpaired) electrons. The monoisotopic (exact) mass is 331 g/mol. The van der Waals surface area contributed by atoms with Gasteiger partial charge in [-0.15, -0.1) is 0 Å². The number of aryl methyl sites for hydroxylation is 2. The number of hydrogen-bond donors (Lipinski definition) is 1. The van der Waals surface area contributed by atoms with Gasteiger partial charge in [-0.1, -0.05) is 12.1 Å². The highest BCUT2D eigenvalue weighted by Crippen LogP contribution is 2.27. The summed E-state index contributed by atoms with van der Waals surface area (Å²) in [6.45, 7) is 8.52. The van der Waals surface area contributed by atoms with Crippen molar-refractivity contribution < 1.29 is 14.4 Å². The summed E-state index contributed by atoms with van der Waals surface area (Å²) in [5.41, 5.74) is 2.45. The number of aromatic nitrogens is 2. The van der Waals surface area contributed by atoms with Gasteiger partial charge < -0.3 is 14.5 Å². The van der Waals surface area contributed by atoms with Crippen LogP contribution in [-0.4, -0.2) is 44.8 Å². The first-order valence-electron chi connectivity index (χ1n) is 8.48. The molecule has 3 heterocycles. The second-order valence-electron chi connectivity index (χ2n) is 6.78. The van der Waals surface area contributed by atoms with Crippen LogP contribution in [0.15, 0.2) is 16.7 Å². The Labute approximate surface area is 142 Å². The fourth-order valence-corrected chi connectivity index (χ4v) is 3.72. The predicted octanol–water partition coefficient (Wildman–Crippen LogP) is 2.62. The lowest BCUT2D eigenvalue weighted by Crippen LogP contribution is -2.49. The third kappa shape index (κ3) is 2.75. The molecule has 3 rings (SSSR count). The van der Waals surface area contributed by atoms with E-state index in [2.05, 4.69) is 12.1 Å². The molecule has 1 amide bonds.